The quantitative estimate of drug-likeness (QED) is 0.850. The smallest absolute Gasteiger partial charge is 0.253 e. The summed E-state index contributed by atoms with van der Waals surface area (Å²) in [7, 11) is 0. The lowest BCUT2D eigenvalue weighted by Crippen LogP contribution is -2.50. The second-order valence-corrected chi connectivity index (χ2v) is 6.55. The molecule has 4 heteroatoms. The molecule has 122 valence electrons. The van der Waals surface area contributed by atoms with E-state index in [1.54, 1.807) is 12.4 Å². The molecule has 0 N–H and O–H groups in total. The molecule has 3 heterocycles. The summed E-state index contributed by atoms with van der Waals surface area (Å²) in [6, 6.07) is 13.5. The number of pyridine rings is 1. The Labute approximate surface area is 141 Å². The Bertz CT molecular complexity index is 758. The average Bonchev–Trinajstić information content (AvgIpc) is 3.06. The van der Waals surface area contributed by atoms with Crippen molar-refractivity contribution in [1.29, 1.82) is 0 Å². The van der Waals surface area contributed by atoms with Crippen LogP contribution in [0.2, 0.25) is 0 Å². The van der Waals surface area contributed by atoms with Crippen molar-refractivity contribution in [3.63, 3.8) is 0 Å². The topological polar surface area (TPSA) is 42.4 Å². The third-order valence-electron chi connectivity index (χ3n) is 4.86. The van der Waals surface area contributed by atoms with E-state index in [1.165, 1.54) is 5.57 Å². The maximum absolute atomic E-state index is 12.7. The van der Waals surface area contributed by atoms with E-state index in [2.05, 4.69) is 4.98 Å². The number of hydrogen-bond acceptors (Lipinski definition) is 3. The van der Waals surface area contributed by atoms with Gasteiger partial charge in [0, 0.05) is 30.9 Å². The van der Waals surface area contributed by atoms with Gasteiger partial charge in [-0.2, -0.15) is 0 Å². The van der Waals surface area contributed by atoms with E-state index in [9.17, 15) is 4.79 Å². The molecule has 0 bridgehead atoms. The van der Waals surface area contributed by atoms with Crippen molar-refractivity contribution in [2.24, 2.45) is 0 Å². The van der Waals surface area contributed by atoms with Crippen LogP contribution in [0.3, 0.4) is 0 Å². The highest BCUT2D eigenvalue weighted by Gasteiger charge is 2.42. The molecule has 1 fully saturated rings. The summed E-state index contributed by atoms with van der Waals surface area (Å²) in [4.78, 5) is 18.7. The molecule has 1 aromatic carbocycles. The number of carbonyl (C=O) groups excluding carboxylic acids is 1. The first-order valence-electron chi connectivity index (χ1n) is 8.37. The minimum Gasteiger partial charge on any atom is -0.492 e. The minimum absolute atomic E-state index is 0.0932. The predicted octanol–water partition coefficient (Wildman–Crippen LogP) is 3.52. The predicted molar refractivity (Wildman–Crippen MR) is 92.2 cm³/mol. The van der Waals surface area contributed by atoms with E-state index >= 15 is 0 Å². The highest BCUT2D eigenvalue weighted by atomic mass is 16.5. The number of ether oxygens (including phenoxy) is 1. The standard InChI is InChI=1S/C20H20N2O2/c23-19(17-5-2-1-3-6-17)22-12-4-9-20(15-22)13-18(14-24-20)16-7-10-21-11-8-16/h1-3,5-8,10-11,14H,4,9,12-13,15H2. The van der Waals surface area contributed by atoms with E-state index in [4.69, 9.17) is 4.74 Å². The number of hydrogen-bond donors (Lipinski definition) is 0. The largest absolute Gasteiger partial charge is 0.492 e. The molecule has 0 aliphatic carbocycles. The third kappa shape index (κ3) is 2.80. The zero-order chi connectivity index (χ0) is 16.4. The zero-order valence-electron chi connectivity index (χ0n) is 13.5. The fraction of sp³-hybridized carbons (Fsp3) is 0.300. The Balaban J connectivity index is 1.49. The van der Waals surface area contributed by atoms with Crippen LogP contribution >= 0.6 is 0 Å². The molecule has 1 spiro atoms. The molecule has 2 aliphatic heterocycles. The summed E-state index contributed by atoms with van der Waals surface area (Å²) in [5.41, 5.74) is 2.80. The number of nitrogens with zero attached hydrogens (tertiary/aromatic N) is 2. The van der Waals surface area contributed by atoms with E-state index in [-0.39, 0.29) is 11.5 Å². The van der Waals surface area contributed by atoms with Crippen LogP contribution in [0.1, 0.15) is 35.2 Å². The van der Waals surface area contributed by atoms with Gasteiger partial charge in [0.05, 0.1) is 12.8 Å². The van der Waals surface area contributed by atoms with Gasteiger partial charge in [0.1, 0.15) is 5.60 Å². The molecule has 1 atom stereocenters. The highest BCUT2D eigenvalue weighted by Crippen LogP contribution is 2.40. The van der Waals surface area contributed by atoms with E-state index in [1.807, 2.05) is 53.6 Å². The van der Waals surface area contributed by atoms with Gasteiger partial charge in [0.25, 0.3) is 5.91 Å². The molecular weight excluding hydrogens is 300 g/mol. The van der Waals surface area contributed by atoms with Crippen LogP contribution in [0.4, 0.5) is 0 Å². The summed E-state index contributed by atoms with van der Waals surface area (Å²) >= 11 is 0. The summed E-state index contributed by atoms with van der Waals surface area (Å²) < 4.78 is 6.09. The van der Waals surface area contributed by atoms with Crippen molar-refractivity contribution in [2.75, 3.05) is 13.1 Å². The van der Waals surface area contributed by atoms with Crippen LogP contribution in [0.15, 0.2) is 61.1 Å². The number of benzene rings is 1. The molecule has 2 aromatic rings. The Kier molecular flexibility index (Phi) is 3.81. The lowest BCUT2D eigenvalue weighted by Gasteiger charge is -2.39. The number of aromatic nitrogens is 1. The molecule has 4 nitrogen and oxygen atoms in total. The van der Waals surface area contributed by atoms with Crippen LogP contribution < -0.4 is 0 Å². The van der Waals surface area contributed by atoms with Gasteiger partial charge in [-0.25, -0.2) is 0 Å². The van der Waals surface area contributed by atoms with Gasteiger partial charge in [0.15, 0.2) is 0 Å². The van der Waals surface area contributed by atoms with Crippen LogP contribution in [-0.4, -0.2) is 34.5 Å². The molecule has 1 aromatic heterocycles. The zero-order valence-corrected chi connectivity index (χ0v) is 13.5. The van der Waals surface area contributed by atoms with Gasteiger partial charge in [-0.15, -0.1) is 0 Å². The fourth-order valence-electron chi connectivity index (χ4n) is 3.64. The van der Waals surface area contributed by atoms with Crippen LogP contribution in [-0.2, 0) is 4.74 Å². The number of likely N-dealkylation sites (tertiary alicyclic amines) is 1. The van der Waals surface area contributed by atoms with Crippen molar-refractivity contribution in [3.8, 4) is 0 Å². The molecule has 1 unspecified atom stereocenters. The number of amides is 1. The summed E-state index contributed by atoms with van der Waals surface area (Å²) in [5.74, 6) is 0.0932. The van der Waals surface area contributed by atoms with E-state index < -0.39 is 0 Å². The van der Waals surface area contributed by atoms with Crippen molar-refractivity contribution in [2.45, 2.75) is 24.9 Å². The first kappa shape index (κ1) is 14.9. The van der Waals surface area contributed by atoms with Gasteiger partial charge < -0.3 is 9.64 Å². The molecule has 24 heavy (non-hydrogen) atoms. The third-order valence-corrected chi connectivity index (χ3v) is 4.86. The lowest BCUT2D eigenvalue weighted by molar-refractivity contribution is -0.0190. The molecule has 0 radical (unpaired) electrons. The number of piperidine rings is 1. The number of rotatable bonds is 2. The van der Waals surface area contributed by atoms with Crippen LogP contribution in [0, 0.1) is 0 Å². The summed E-state index contributed by atoms with van der Waals surface area (Å²) in [5, 5.41) is 0. The normalized spacial score (nSPS) is 23.0. The Morgan fingerprint density at radius 2 is 1.92 bits per heavy atom. The van der Waals surface area contributed by atoms with Gasteiger partial charge in [-0.1, -0.05) is 18.2 Å². The Morgan fingerprint density at radius 1 is 1.12 bits per heavy atom. The first-order valence-corrected chi connectivity index (χ1v) is 8.37. The summed E-state index contributed by atoms with van der Waals surface area (Å²) in [6.07, 6.45) is 8.26. The second-order valence-electron chi connectivity index (χ2n) is 6.55. The molecule has 2 aliphatic rings. The van der Waals surface area contributed by atoms with E-state index in [0.29, 0.717) is 6.54 Å². The van der Waals surface area contributed by atoms with Crippen molar-refractivity contribution >= 4 is 11.5 Å². The monoisotopic (exact) mass is 320 g/mol. The van der Waals surface area contributed by atoms with Crippen molar-refractivity contribution < 1.29 is 9.53 Å². The Morgan fingerprint density at radius 3 is 2.71 bits per heavy atom. The molecule has 1 amide bonds. The molecule has 4 rings (SSSR count). The first-order chi connectivity index (χ1) is 11.8. The second kappa shape index (κ2) is 6.11. The van der Waals surface area contributed by atoms with Crippen LogP contribution in [0.5, 0.6) is 0 Å². The van der Waals surface area contributed by atoms with Gasteiger partial charge >= 0.3 is 0 Å². The van der Waals surface area contributed by atoms with Crippen LogP contribution in [0.25, 0.3) is 5.57 Å². The molecule has 1 saturated heterocycles. The maximum Gasteiger partial charge on any atom is 0.253 e. The van der Waals surface area contributed by atoms with Gasteiger partial charge in [0.2, 0.25) is 0 Å². The molecule has 0 saturated carbocycles. The van der Waals surface area contributed by atoms with Gasteiger partial charge in [-0.3, -0.25) is 9.78 Å². The average molecular weight is 320 g/mol. The van der Waals surface area contributed by atoms with E-state index in [0.717, 1.165) is 36.9 Å². The lowest BCUT2D eigenvalue weighted by atomic mass is 9.86. The van der Waals surface area contributed by atoms with Crippen molar-refractivity contribution in [1.82, 2.24) is 9.88 Å². The fourth-order valence-corrected chi connectivity index (χ4v) is 3.64. The molecular formula is C20H20N2O2. The highest BCUT2D eigenvalue weighted by molar-refractivity contribution is 5.94. The maximum atomic E-state index is 12.7. The minimum atomic E-state index is -0.276. The Hall–Kier alpha value is -2.62. The SMILES string of the molecule is O=C(c1ccccc1)N1CCCC2(CC(c3ccncc3)=CO2)C1. The van der Waals surface area contributed by atoms with Gasteiger partial charge in [-0.05, 0) is 48.2 Å². The number of carbonyl (C=O) groups is 1. The van der Waals surface area contributed by atoms with Crippen molar-refractivity contribution in [3.05, 3.63) is 72.2 Å². The summed E-state index contributed by atoms with van der Waals surface area (Å²) in [6.45, 7) is 1.44.